The quantitative estimate of drug-likeness (QED) is 0.819. The number of ether oxygens (including phenoxy) is 1. The van der Waals surface area contributed by atoms with Gasteiger partial charge in [-0.2, -0.15) is 11.8 Å². The number of hydrogen-bond donors (Lipinski definition) is 1. The Kier molecular flexibility index (Phi) is 6.05. The third kappa shape index (κ3) is 4.30. The number of rotatable bonds is 7. The first-order valence-electron chi connectivity index (χ1n) is 6.83. The Labute approximate surface area is 114 Å². The van der Waals surface area contributed by atoms with Gasteiger partial charge in [-0.25, -0.2) is 0 Å². The van der Waals surface area contributed by atoms with E-state index >= 15 is 0 Å². The fourth-order valence-corrected chi connectivity index (χ4v) is 3.56. The van der Waals surface area contributed by atoms with Gasteiger partial charge in [0.2, 0.25) is 0 Å². The first kappa shape index (κ1) is 13.9. The minimum atomic E-state index is 0.603. The standard InChI is InChI=1S/C15H23NOS/c1-2-16-15(14-8-9-17-10-14)12-18-11-13-6-4-3-5-7-13/h3-7,14-16H,2,8-12H2,1H3. The summed E-state index contributed by atoms with van der Waals surface area (Å²) in [6, 6.07) is 11.3. The van der Waals surface area contributed by atoms with Crippen molar-refractivity contribution in [3.63, 3.8) is 0 Å². The second kappa shape index (κ2) is 7.82. The molecule has 0 spiro atoms. The molecule has 100 valence electrons. The van der Waals surface area contributed by atoms with Crippen molar-refractivity contribution in [2.24, 2.45) is 5.92 Å². The zero-order valence-corrected chi connectivity index (χ0v) is 11.9. The van der Waals surface area contributed by atoms with Gasteiger partial charge in [0.15, 0.2) is 0 Å². The first-order chi connectivity index (χ1) is 8.90. The zero-order valence-electron chi connectivity index (χ0n) is 11.1. The van der Waals surface area contributed by atoms with E-state index in [2.05, 4.69) is 42.6 Å². The number of thioether (sulfide) groups is 1. The van der Waals surface area contributed by atoms with Gasteiger partial charge in [-0.1, -0.05) is 37.3 Å². The molecule has 1 aliphatic rings. The van der Waals surface area contributed by atoms with Crippen molar-refractivity contribution in [1.29, 1.82) is 0 Å². The Balaban J connectivity index is 1.75. The molecule has 1 fully saturated rings. The van der Waals surface area contributed by atoms with Crippen LogP contribution in [0.4, 0.5) is 0 Å². The highest BCUT2D eigenvalue weighted by atomic mass is 32.2. The lowest BCUT2D eigenvalue weighted by atomic mass is 10.0. The number of hydrogen-bond acceptors (Lipinski definition) is 3. The largest absolute Gasteiger partial charge is 0.381 e. The van der Waals surface area contributed by atoms with Gasteiger partial charge in [0.25, 0.3) is 0 Å². The van der Waals surface area contributed by atoms with Crippen molar-refractivity contribution in [3.05, 3.63) is 35.9 Å². The highest BCUT2D eigenvalue weighted by Gasteiger charge is 2.24. The fourth-order valence-electron chi connectivity index (χ4n) is 2.37. The van der Waals surface area contributed by atoms with E-state index in [1.807, 2.05) is 11.8 Å². The van der Waals surface area contributed by atoms with Crippen LogP contribution in [0.2, 0.25) is 0 Å². The van der Waals surface area contributed by atoms with Crippen molar-refractivity contribution in [1.82, 2.24) is 5.32 Å². The SMILES string of the molecule is CCNC(CSCc1ccccc1)C1CCOC1. The molecule has 0 saturated carbocycles. The minimum absolute atomic E-state index is 0.603. The lowest BCUT2D eigenvalue weighted by Gasteiger charge is -2.22. The van der Waals surface area contributed by atoms with E-state index in [0.29, 0.717) is 12.0 Å². The number of nitrogens with one attached hydrogen (secondary N) is 1. The summed E-state index contributed by atoms with van der Waals surface area (Å²) in [5.74, 6) is 2.99. The highest BCUT2D eigenvalue weighted by Crippen LogP contribution is 2.21. The first-order valence-corrected chi connectivity index (χ1v) is 7.98. The summed E-state index contributed by atoms with van der Waals surface area (Å²) in [4.78, 5) is 0. The minimum Gasteiger partial charge on any atom is -0.381 e. The molecular formula is C15H23NOS. The van der Waals surface area contributed by atoms with Crippen LogP contribution in [0.15, 0.2) is 30.3 Å². The third-order valence-electron chi connectivity index (χ3n) is 3.41. The summed E-state index contributed by atoms with van der Waals surface area (Å²) in [5, 5.41) is 3.61. The summed E-state index contributed by atoms with van der Waals surface area (Å²) in [6.45, 7) is 5.11. The van der Waals surface area contributed by atoms with Gasteiger partial charge in [-0.05, 0) is 18.5 Å². The molecule has 0 radical (unpaired) electrons. The molecule has 0 aromatic heterocycles. The molecule has 1 aromatic rings. The topological polar surface area (TPSA) is 21.3 Å². The molecule has 0 bridgehead atoms. The van der Waals surface area contributed by atoms with E-state index in [-0.39, 0.29) is 0 Å². The molecule has 1 N–H and O–H groups in total. The Hall–Kier alpha value is -0.510. The van der Waals surface area contributed by atoms with Gasteiger partial charge in [-0.15, -0.1) is 0 Å². The smallest absolute Gasteiger partial charge is 0.0510 e. The van der Waals surface area contributed by atoms with Crippen LogP contribution < -0.4 is 5.32 Å². The predicted octanol–water partition coefficient (Wildman–Crippen LogP) is 2.93. The Morgan fingerprint density at radius 3 is 2.89 bits per heavy atom. The second-order valence-corrected chi connectivity index (χ2v) is 5.82. The zero-order chi connectivity index (χ0) is 12.6. The average Bonchev–Trinajstić information content (AvgIpc) is 2.93. The van der Waals surface area contributed by atoms with Crippen molar-refractivity contribution in [2.75, 3.05) is 25.5 Å². The van der Waals surface area contributed by atoms with Crippen LogP contribution >= 0.6 is 11.8 Å². The van der Waals surface area contributed by atoms with E-state index in [0.717, 1.165) is 25.5 Å². The molecule has 18 heavy (non-hydrogen) atoms. The van der Waals surface area contributed by atoms with Crippen LogP contribution in [0.3, 0.4) is 0 Å². The average molecular weight is 265 g/mol. The van der Waals surface area contributed by atoms with E-state index in [9.17, 15) is 0 Å². The van der Waals surface area contributed by atoms with E-state index in [1.165, 1.54) is 17.7 Å². The van der Waals surface area contributed by atoms with Crippen molar-refractivity contribution < 1.29 is 4.74 Å². The summed E-state index contributed by atoms with van der Waals surface area (Å²) >= 11 is 2.02. The molecule has 2 unspecified atom stereocenters. The Morgan fingerprint density at radius 2 is 2.22 bits per heavy atom. The molecule has 2 rings (SSSR count). The van der Waals surface area contributed by atoms with Crippen molar-refractivity contribution >= 4 is 11.8 Å². The molecule has 2 atom stereocenters. The maximum atomic E-state index is 5.50. The molecular weight excluding hydrogens is 242 g/mol. The number of benzene rings is 1. The van der Waals surface area contributed by atoms with Gasteiger partial charge in [0, 0.05) is 30.1 Å². The van der Waals surface area contributed by atoms with Crippen LogP contribution in [-0.2, 0) is 10.5 Å². The predicted molar refractivity (Wildman–Crippen MR) is 79.0 cm³/mol. The summed E-state index contributed by atoms with van der Waals surface area (Å²) in [6.07, 6.45) is 1.21. The Morgan fingerprint density at radius 1 is 1.39 bits per heavy atom. The monoisotopic (exact) mass is 265 g/mol. The molecule has 1 heterocycles. The molecule has 1 aliphatic heterocycles. The van der Waals surface area contributed by atoms with Crippen LogP contribution in [-0.4, -0.2) is 31.6 Å². The lowest BCUT2D eigenvalue weighted by molar-refractivity contribution is 0.179. The van der Waals surface area contributed by atoms with E-state index in [1.54, 1.807) is 0 Å². The van der Waals surface area contributed by atoms with Gasteiger partial charge >= 0.3 is 0 Å². The van der Waals surface area contributed by atoms with Crippen LogP contribution in [0.1, 0.15) is 18.9 Å². The lowest BCUT2D eigenvalue weighted by Crippen LogP contribution is -2.38. The molecule has 1 aromatic carbocycles. The molecule has 2 nitrogen and oxygen atoms in total. The molecule has 3 heteroatoms. The summed E-state index contributed by atoms with van der Waals surface area (Å²) in [7, 11) is 0. The molecule has 1 saturated heterocycles. The van der Waals surface area contributed by atoms with Gasteiger partial charge in [-0.3, -0.25) is 0 Å². The molecule has 0 amide bonds. The normalized spacial score (nSPS) is 21.1. The van der Waals surface area contributed by atoms with Crippen LogP contribution in [0.25, 0.3) is 0 Å². The fraction of sp³-hybridized carbons (Fsp3) is 0.600. The van der Waals surface area contributed by atoms with Gasteiger partial charge in [0.1, 0.15) is 0 Å². The van der Waals surface area contributed by atoms with Crippen molar-refractivity contribution in [3.8, 4) is 0 Å². The molecule has 0 aliphatic carbocycles. The van der Waals surface area contributed by atoms with Gasteiger partial charge in [0.05, 0.1) is 6.61 Å². The van der Waals surface area contributed by atoms with Gasteiger partial charge < -0.3 is 10.1 Å². The highest BCUT2D eigenvalue weighted by molar-refractivity contribution is 7.98. The van der Waals surface area contributed by atoms with E-state index in [4.69, 9.17) is 4.74 Å². The van der Waals surface area contributed by atoms with Crippen LogP contribution in [0, 0.1) is 5.92 Å². The maximum absolute atomic E-state index is 5.50. The third-order valence-corrected chi connectivity index (χ3v) is 4.54. The van der Waals surface area contributed by atoms with Crippen molar-refractivity contribution in [2.45, 2.75) is 25.1 Å². The van der Waals surface area contributed by atoms with Crippen LogP contribution in [0.5, 0.6) is 0 Å². The maximum Gasteiger partial charge on any atom is 0.0510 e. The summed E-state index contributed by atoms with van der Waals surface area (Å²) < 4.78 is 5.50. The van der Waals surface area contributed by atoms with E-state index < -0.39 is 0 Å². The second-order valence-electron chi connectivity index (χ2n) is 4.79. The Bertz CT molecular complexity index is 325. The summed E-state index contributed by atoms with van der Waals surface area (Å²) in [5.41, 5.74) is 1.42.